The summed E-state index contributed by atoms with van der Waals surface area (Å²) >= 11 is 5.76. The molecule has 1 rings (SSSR count). The highest BCUT2D eigenvalue weighted by atomic mass is 35.5. The van der Waals surface area contributed by atoms with Crippen molar-refractivity contribution in [2.45, 2.75) is 26.4 Å². The number of aryl methyl sites for hydroxylation is 2. The smallest absolute Gasteiger partial charge is 0.0689 e. The highest BCUT2D eigenvalue weighted by Crippen LogP contribution is 2.04. The fourth-order valence-corrected chi connectivity index (χ4v) is 4.36. The Morgan fingerprint density at radius 3 is 2.15 bits per heavy atom. The molecule has 0 radical (unpaired) electrons. The van der Waals surface area contributed by atoms with E-state index in [0.29, 0.717) is 0 Å². The summed E-state index contributed by atoms with van der Waals surface area (Å²) in [6, 6.07) is 8.06. The van der Waals surface area contributed by atoms with Crippen molar-refractivity contribution in [2.24, 2.45) is 0 Å². The van der Waals surface area contributed by atoms with Crippen molar-refractivity contribution >= 4 is 25.6 Å². The maximum Gasteiger partial charge on any atom is 0.0689 e. The molecule has 1 unspecified atom stereocenters. The fraction of sp³-hybridized carbons (Fsp3) is 0.455. The number of rotatable bonds is 3. The van der Waals surface area contributed by atoms with E-state index in [1.165, 1.54) is 17.2 Å². The van der Waals surface area contributed by atoms with E-state index in [0.717, 1.165) is 5.88 Å². The third kappa shape index (κ3) is 3.16. The summed E-state index contributed by atoms with van der Waals surface area (Å²) in [6.45, 7) is 6.70. The molecule has 0 fully saturated rings. The number of halogens is 1. The zero-order valence-electron chi connectivity index (χ0n) is 8.60. The van der Waals surface area contributed by atoms with Crippen molar-refractivity contribution in [3.05, 3.63) is 29.3 Å². The summed E-state index contributed by atoms with van der Waals surface area (Å²) in [5, 5.41) is 1.55. The lowest BCUT2D eigenvalue weighted by Crippen LogP contribution is -2.27. The van der Waals surface area contributed by atoms with Crippen molar-refractivity contribution in [1.29, 1.82) is 0 Å². The molecule has 0 aliphatic rings. The van der Waals surface area contributed by atoms with Crippen LogP contribution in [0.3, 0.4) is 0 Å². The molecule has 0 aromatic heterocycles. The molecule has 0 amide bonds. The molecule has 1 aromatic rings. The lowest BCUT2D eigenvalue weighted by molar-refractivity contribution is 1.38. The molecule has 13 heavy (non-hydrogen) atoms. The van der Waals surface area contributed by atoms with Gasteiger partial charge in [0.25, 0.3) is 0 Å². The molecule has 0 bridgehead atoms. The fourth-order valence-electron chi connectivity index (χ4n) is 1.62. The summed E-state index contributed by atoms with van der Waals surface area (Å²) in [6.07, 6.45) is 0. The van der Waals surface area contributed by atoms with E-state index in [2.05, 4.69) is 38.6 Å². The van der Waals surface area contributed by atoms with Crippen LogP contribution in [0.25, 0.3) is 0 Å². The third-order valence-electron chi connectivity index (χ3n) is 2.36. The van der Waals surface area contributed by atoms with Crippen molar-refractivity contribution in [3.63, 3.8) is 0 Å². The zero-order valence-corrected chi connectivity index (χ0v) is 10.5. The Hall–Kier alpha value is -0.273. The molecule has 0 saturated carbocycles. The Labute approximate surface area is 87.5 Å². The minimum atomic E-state index is -0.749. The van der Waals surface area contributed by atoms with Gasteiger partial charge in [-0.3, -0.25) is 0 Å². The maximum atomic E-state index is 5.76. The summed E-state index contributed by atoms with van der Waals surface area (Å²) in [5.74, 6) is 0.806. The average Bonchev–Trinajstić information content (AvgIpc) is 2.03. The Balaban J connectivity index is 2.87. The minimum Gasteiger partial charge on any atom is -0.127 e. The summed E-state index contributed by atoms with van der Waals surface area (Å²) in [7, 11) is -0.749. The second-order valence-corrected chi connectivity index (χ2v) is 7.22. The normalized spacial score (nSPS) is 12.9. The van der Waals surface area contributed by atoms with Crippen molar-refractivity contribution < 1.29 is 0 Å². The van der Waals surface area contributed by atoms with Gasteiger partial charge in [0.05, 0.1) is 8.80 Å². The van der Waals surface area contributed by atoms with Gasteiger partial charge < -0.3 is 0 Å². The predicted octanol–water partition coefficient (Wildman–Crippen LogP) is 2.61. The molecule has 0 saturated heterocycles. The SMILES string of the molecule is Cc1cc(C)cc([SiH](C)CCCl)c1. The van der Waals surface area contributed by atoms with E-state index < -0.39 is 8.80 Å². The quantitative estimate of drug-likeness (QED) is 0.534. The number of benzene rings is 1. The minimum absolute atomic E-state index is 0.749. The Kier molecular flexibility index (Phi) is 4.01. The van der Waals surface area contributed by atoms with Gasteiger partial charge in [-0.25, -0.2) is 0 Å². The molecular weight excluding hydrogens is 196 g/mol. The number of alkyl halides is 1. The second-order valence-electron chi connectivity index (χ2n) is 3.80. The first-order valence-electron chi connectivity index (χ1n) is 4.77. The third-order valence-corrected chi connectivity index (χ3v) is 5.57. The van der Waals surface area contributed by atoms with Crippen molar-refractivity contribution in [3.8, 4) is 0 Å². The van der Waals surface area contributed by atoms with Gasteiger partial charge in [-0.15, -0.1) is 11.6 Å². The van der Waals surface area contributed by atoms with Crippen LogP contribution in [0.5, 0.6) is 0 Å². The molecule has 0 spiro atoms. The lowest BCUT2D eigenvalue weighted by atomic mass is 10.2. The Morgan fingerprint density at radius 2 is 1.69 bits per heavy atom. The van der Waals surface area contributed by atoms with Crippen LogP contribution in [0.2, 0.25) is 12.6 Å². The summed E-state index contributed by atoms with van der Waals surface area (Å²) in [4.78, 5) is 0. The largest absolute Gasteiger partial charge is 0.127 e. The Morgan fingerprint density at radius 1 is 1.15 bits per heavy atom. The molecule has 72 valence electrons. The van der Waals surface area contributed by atoms with Crippen LogP contribution in [0, 0.1) is 13.8 Å². The standard InChI is InChI=1S/C11H17ClSi/c1-9-6-10(2)8-11(7-9)13(3)5-4-12/h6-8,13H,4-5H2,1-3H3. The van der Waals surface area contributed by atoms with Crippen LogP contribution in [-0.2, 0) is 0 Å². The van der Waals surface area contributed by atoms with E-state index in [1.807, 2.05) is 0 Å². The highest BCUT2D eigenvalue weighted by molar-refractivity contribution is 6.72. The second kappa shape index (κ2) is 4.82. The van der Waals surface area contributed by atoms with Gasteiger partial charge in [0.15, 0.2) is 0 Å². The van der Waals surface area contributed by atoms with Gasteiger partial charge in [0.2, 0.25) is 0 Å². The van der Waals surface area contributed by atoms with Crippen LogP contribution in [0.15, 0.2) is 18.2 Å². The molecule has 1 atom stereocenters. The summed E-state index contributed by atoms with van der Waals surface area (Å²) in [5.41, 5.74) is 2.76. The van der Waals surface area contributed by atoms with Gasteiger partial charge in [-0.2, -0.15) is 0 Å². The average molecular weight is 213 g/mol. The molecule has 2 heteroatoms. The molecular formula is C11H17ClSi. The van der Waals surface area contributed by atoms with Gasteiger partial charge in [-0.05, 0) is 19.9 Å². The highest BCUT2D eigenvalue weighted by Gasteiger charge is 2.06. The molecule has 0 aliphatic heterocycles. The zero-order chi connectivity index (χ0) is 9.84. The Bertz CT molecular complexity index is 263. The molecule has 0 aliphatic carbocycles. The van der Waals surface area contributed by atoms with Crippen molar-refractivity contribution in [2.75, 3.05) is 5.88 Å². The van der Waals surface area contributed by atoms with Crippen molar-refractivity contribution in [1.82, 2.24) is 0 Å². The predicted molar refractivity (Wildman–Crippen MR) is 64.1 cm³/mol. The van der Waals surface area contributed by atoms with Gasteiger partial charge in [0.1, 0.15) is 0 Å². The van der Waals surface area contributed by atoms with E-state index >= 15 is 0 Å². The van der Waals surface area contributed by atoms with E-state index in [4.69, 9.17) is 11.6 Å². The van der Waals surface area contributed by atoms with Crippen LogP contribution >= 0.6 is 11.6 Å². The molecule has 1 aromatic carbocycles. The monoisotopic (exact) mass is 212 g/mol. The maximum absolute atomic E-state index is 5.76. The molecule has 0 nitrogen and oxygen atoms in total. The number of hydrogen-bond acceptors (Lipinski definition) is 0. The first-order chi connectivity index (χ1) is 6.13. The molecule has 0 heterocycles. The summed E-state index contributed by atoms with van der Waals surface area (Å²) < 4.78 is 0. The van der Waals surface area contributed by atoms with E-state index in [-0.39, 0.29) is 0 Å². The van der Waals surface area contributed by atoms with E-state index in [1.54, 1.807) is 5.19 Å². The lowest BCUT2D eigenvalue weighted by Gasteiger charge is -2.10. The van der Waals surface area contributed by atoms with E-state index in [9.17, 15) is 0 Å². The van der Waals surface area contributed by atoms with Gasteiger partial charge in [0, 0.05) is 5.88 Å². The number of hydrogen-bond donors (Lipinski definition) is 0. The van der Waals surface area contributed by atoms with Crippen LogP contribution < -0.4 is 5.19 Å². The van der Waals surface area contributed by atoms with Crippen LogP contribution in [-0.4, -0.2) is 14.7 Å². The van der Waals surface area contributed by atoms with Gasteiger partial charge in [-0.1, -0.05) is 41.1 Å². The molecule has 0 N–H and O–H groups in total. The first-order valence-corrected chi connectivity index (χ1v) is 7.86. The topological polar surface area (TPSA) is 0 Å². The van der Waals surface area contributed by atoms with Crippen LogP contribution in [0.1, 0.15) is 11.1 Å². The first kappa shape index (κ1) is 10.8. The van der Waals surface area contributed by atoms with Crippen LogP contribution in [0.4, 0.5) is 0 Å². The van der Waals surface area contributed by atoms with Gasteiger partial charge >= 0.3 is 0 Å².